The number of hydrogen-bond donors (Lipinski definition) is 1. The van der Waals surface area contributed by atoms with Gasteiger partial charge in [0.05, 0.1) is 0 Å². The Hall–Kier alpha value is -0.470. The molecule has 0 fully saturated rings. The largest absolute Gasteiger partial charge is 0.396 e. The molecule has 0 aliphatic heterocycles. The van der Waals surface area contributed by atoms with Gasteiger partial charge in [-0.25, -0.2) is 0 Å². The maximum atomic E-state index is 8.76. The Morgan fingerprint density at radius 3 is 2.67 bits per heavy atom. The molecule has 1 aromatic carbocycles. The van der Waals surface area contributed by atoms with Gasteiger partial charge >= 0.3 is 0 Å². The summed E-state index contributed by atoms with van der Waals surface area (Å²) in [6.45, 7) is 2.50. The van der Waals surface area contributed by atoms with Crippen LogP contribution >= 0.6 is 11.8 Å². The van der Waals surface area contributed by atoms with E-state index in [1.807, 2.05) is 11.8 Å². The maximum Gasteiger partial charge on any atom is 0.0441 e. The van der Waals surface area contributed by atoms with Gasteiger partial charge in [0, 0.05) is 11.9 Å². The minimum absolute atomic E-state index is 0.312. The third-order valence-electron chi connectivity index (χ3n) is 2.39. The van der Waals surface area contributed by atoms with Crippen LogP contribution in [0.1, 0.15) is 25.3 Å². The van der Waals surface area contributed by atoms with Gasteiger partial charge in [0.1, 0.15) is 0 Å². The topological polar surface area (TPSA) is 20.2 Å². The van der Waals surface area contributed by atoms with E-state index in [1.54, 1.807) is 0 Å². The van der Waals surface area contributed by atoms with Gasteiger partial charge in [-0.15, -0.1) is 0 Å². The van der Waals surface area contributed by atoms with Gasteiger partial charge in [-0.1, -0.05) is 37.3 Å². The van der Waals surface area contributed by atoms with E-state index < -0.39 is 0 Å². The summed E-state index contributed by atoms with van der Waals surface area (Å²) in [4.78, 5) is 0. The first-order valence-electron chi connectivity index (χ1n) is 5.59. The number of benzene rings is 1. The summed E-state index contributed by atoms with van der Waals surface area (Å²) in [5, 5.41) is 9.35. The molecule has 1 N–H and O–H groups in total. The predicted molar refractivity (Wildman–Crippen MR) is 68.4 cm³/mol. The summed E-state index contributed by atoms with van der Waals surface area (Å²) in [7, 11) is 0. The van der Waals surface area contributed by atoms with Gasteiger partial charge in [0.25, 0.3) is 0 Å². The van der Waals surface area contributed by atoms with Crippen molar-refractivity contribution < 1.29 is 5.11 Å². The van der Waals surface area contributed by atoms with Crippen molar-refractivity contribution in [1.82, 2.24) is 0 Å². The van der Waals surface area contributed by atoms with E-state index in [0.29, 0.717) is 11.9 Å². The van der Waals surface area contributed by atoms with Crippen LogP contribution in [-0.4, -0.2) is 22.7 Å². The summed E-state index contributed by atoms with van der Waals surface area (Å²) >= 11 is 1.96. The van der Waals surface area contributed by atoms with E-state index in [4.69, 9.17) is 5.11 Å². The Morgan fingerprint density at radius 1 is 1.27 bits per heavy atom. The Kier molecular flexibility index (Phi) is 6.53. The third kappa shape index (κ3) is 5.85. The smallest absolute Gasteiger partial charge is 0.0441 e. The first kappa shape index (κ1) is 12.6. The average Bonchev–Trinajstić information content (AvgIpc) is 2.26. The molecule has 0 amide bonds. The van der Waals surface area contributed by atoms with Crippen molar-refractivity contribution in [2.45, 2.75) is 31.4 Å². The number of aliphatic hydroxyl groups is 1. The van der Waals surface area contributed by atoms with Crippen LogP contribution in [-0.2, 0) is 6.42 Å². The predicted octanol–water partition coefficient (Wildman–Crippen LogP) is 3.12. The van der Waals surface area contributed by atoms with Crippen molar-refractivity contribution >= 4 is 11.8 Å². The highest BCUT2D eigenvalue weighted by Gasteiger charge is 2.00. The Bertz CT molecular complexity index is 248. The maximum absolute atomic E-state index is 8.76. The Balaban J connectivity index is 2.07. The molecule has 1 unspecified atom stereocenters. The number of aliphatic hydroxyl groups excluding tert-OH is 1. The number of rotatable bonds is 7. The second-order valence-electron chi connectivity index (χ2n) is 3.78. The van der Waals surface area contributed by atoms with Gasteiger partial charge < -0.3 is 5.11 Å². The van der Waals surface area contributed by atoms with Crippen LogP contribution in [0.5, 0.6) is 0 Å². The van der Waals surface area contributed by atoms with E-state index in [9.17, 15) is 0 Å². The molecular weight excluding hydrogens is 204 g/mol. The van der Waals surface area contributed by atoms with E-state index in [1.165, 1.54) is 24.2 Å². The fraction of sp³-hybridized carbons (Fsp3) is 0.538. The molecule has 1 aromatic rings. The lowest BCUT2D eigenvalue weighted by molar-refractivity contribution is 0.289. The van der Waals surface area contributed by atoms with Crippen LogP contribution < -0.4 is 0 Å². The summed E-state index contributed by atoms with van der Waals surface area (Å²) in [6, 6.07) is 10.6. The van der Waals surface area contributed by atoms with E-state index >= 15 is 0 Å². The van der Waals surface area contributed by atoms with Crippen LogP contribution in [0.4, 0.5) is 0 Å². The van der Waals surface area contributed by atoms with Gasteiger partial charge in [-0.05, 0) is 30.6 Å². The zero-order valence-corrected chi connectivity index (χ0v) is 10.2. The Morgan fingerprint density at radius 2 is 2.00 bits per heavy atom. The highest BCUT2D eigenvalue weighted by molar-refractivity contribution is 7.99. The normalized spacial score (nSPS) is 12.7. The second-order valence-corrected chi connectivity index (χ2v) is 5.33. The van der Waals surface area contributed by atoms with E-state index in [-0.39, 0.29) is 0 Å². The second kappa shape index (κ2) is 7.77. The molecule has 1 nitrogen and oxygen atoms in total. The number of thioether (sulfide) groups is 1. The molecule has 1 atom stereocenters. The first-order valence-corrected chi connectivity index (χ1v) is 6.64. The van der Waals surface area contributed by atoms with Gasteiger partial charge in [-0.3, -0.25) is 0 Å². The van der Waals surface area contributed by atoms with Crippen LogP contribution in [0.25, 0.3) is 0 Å². The van der Waals surface area contributed by atoms with Crippen molar-refractivity contribution in [2.24, 2.45) is 0 Å². The molecule has 0 aliphatic rings. The summed E-state index contributed by atoms with van der Waals surface area (Å²) in [5.74, 6) is 1.19. The van der Waals surface area contributed by atoms with Crippen LogP contribution in [0.3, 0.4) is 0 Å². The molecule has 0 spiro atoms. The SMILES string of the molecule is CC(CCO)SCCCc1ccccc1. The molecule has 0 saturated heterocycles. The molecule has 2 heteroatoms. The van der Waals surface area contributed by atoms with Crippen molar-refractivity contribution in [3.05, 3.63) is 35.9 Å². The third-order valence-corrected chi connectivity index (χ3v) is 3.72. The first-order chi connectivity index (χ1) is 7.33. The lowest BCUT2D eigenvalue weighted by atomic mass is 10.1. The van der Waals surface area contributed by atoms with Crippen molar-refractivity contribution in [3.8, 4) is 0 Å². The molecule has 0 saturated carbocycles. The molecule has 0 radical (unpaired) electrons. The molecule has 0 heterocycles. The molecule has 84 valence electrons. The lowest BCUT2D eigenvalue weighted by Gasteiger charge is -2.08. The standard InChI is InChI=1S/C13H20OS/c1-12(9-10-14)15-11-5-8-13-6-3-2-4-7-13/h2-4,6-7,12,14H,5,8-11H2,1H3. The van der Waals surface area contributed by atoms with Crippen molar-refractivity contribution in [3.63, 3.8) is 0 Å². The van der Waals surface area contributed by atoms with Crippen molar-refractivity contribution in [1.29, 1.82) is 0 Å². The Labute approximate surface area is 96.9 Å². The monoisotopic (exact) mass is 224 g/mol. The molecule has 0 bridgehead atoms. The highest BCUT2D eigenvalue weighted by Crippen LogP contribution is 2.15. The number of aryl methyl sites for hydroxylation is 1. The zero-order valence-electron chi connectivity index (χ0n) is 9.36. The molecule has 0 aliphatic carbocycles. The lowest BCUT2D eigenvalue weighted by Crippen LogP contribution is -2.01. The molecular formula is C13H20OS. The van der Waals surface area contributed by atoms with Crippen molar-refractivity contribution in [2.75, 3.05) is 12.4 Å². The molecule has 0 aromatic heterocycles. The van der Waals surface area contributed by atoms with Crippen LogP contribution in [0.15, 0.2) is 30.3 Å². The minimum atomic E-state index is 0.312. The van der Waals surface area contributed by atoms with E-state index in [2.05, 4.69) is 37.3 Å². The molecule has 1 rings (SSSR count). The molecule has 15 heavy (non-hydrogen) atoms. The fourth-order valence-corrected chi connectivity index (χ4v) is 2.46. The van der Waals surface area contributed by atoms with Crippen LogP contribution in [0, 0.1) is 0 Å². The average molecular weight is 224 g/mol. The highest BCUT2D eigenvalue weighted by atomic mass is 32.2. The fourth-order valence-electron chi connectivity index (χ4n) is 1.47. The van der Waals surface area contributed by atoms with Gasteiger partial charge in [-0.2, -0.15) is 11.8 Å². The summed E-state index contributed by atoms with van der Waals surface area (Å²) < 4.78 is 0. The summed E-state index contributed by atoms with van der Waals surface area (Å²) in [6.07, 6.45) is 3.31. The number of hydrogen-bond acceptors (Lipinski definition) is 2. The van der Waals surface area contributed by atoms with Gasteiger partial charge in [0.2, 0.25) is 0 Å². The zero-order chi connectivity index (χ0) is 10.9. The van der Waals surface area contributed by atoms with Gasteiger partial charge in [0.15, 0.2) is 0 Å². The quantitative estimate of drug-likeness (QED) is 0.718. The summed E-state index contributed by atoms with van der Waals surface area (Å²) in [5.41, 5.74) is 1.42. The van der Waals surface area contributed by atoms with E-state index in [0.717, 1.165) is 6.42 Å². The minimum Gasteiger partial charge on any atom is -0.396 e. The van der Waals surface area contributed by atoms with Crippen LogP contribution in [0.2, 0.25) is 0 Å².